The molecule has 1 aromatic heterocycles. The van der Waals surface area contributed by atoms with Gasteiger partial charge in [-0.1, -0.05) is 24.3 Å². The second-order valence-electron chi connectivity index (χ2n) is 5.14. The summed E-state index contributed by atoms with van der Waals surface area (Å²) in [6.45, 7) is 0. The van der Waals surface area contributed by atoms with Crippen molar-refractivity contribution in [2.24, 2.45) is 0 Å². The molecule has 5 heteroatoms. The Morgan fingerprint density at radius 2 is 1.75 bits per heavy atom. The molecular weight excluding hydrogens is 318 g/mol. The fraction of sp³-hybridized carbons (Fsp3) is 0.0526. The van der Waals surface area contributed by atoms with E-state index in [1.54, 1.807) is 36.5 Å². The summed E-state index contributed by atoms with van der Waals surface area (Å²) >= 11 is 1.61. The molecule has 120 valence electrons. The van der Waals surface area contributed by atoms with Crippen LogP contribution in [0.3, 0.4) is 0 Å². The van der Waals surface area contributed by atoms with E-state index in [0.717, 1.165) is 16.3 Å². The molecule has 0 aliphatic heterocycles. The Labute approximate surface area is 145 Å². The van der Waals surface area contributed by atoms with E-state index in [0.29, 0.717) is 5.56 Å². The first-order valence-corrected chi connectivity index (χ1v) is 8.28. The maximum atomic E-state index is 12.2. The number of hydrogen-bond acceptors (Lipinski definition) is 4. The zero-order valence-corrected chi connectivity index (χ0v) is 14.0. The van der Waals surface area contributed by atoms with Crippen LogP contribution in [0.4, 0.5) is 11.4 Å². The maximum absolute atomic E-state index is 12.2. The number of nitrogens with one attached hydrogen (secondary N) is 1. The van der Waals surface area contributed by atoms with Gasteiger partial charge in [0.15, 0.2) is 0 Å². The van der Waals surface area contributed by atoms with Crippen LogP contribution in [0.5, 0.6) is 0 Å². The van der Waals surface area contributed by atoms with Crippen molar-refractivity contribution < 1.29 is 4.79 Å². The van der Waals surface area contributed by atoms with Gasteiger partial charge in [-0.25, -0.2) is 0 Å². The van der Waals surface area contributed by atoms with Crippen LogP contribution in [0, 0.1) is 0 Å². The van der Waals surface area contributed by atoms with E-state index >= 15 is 0 Å². The Balaban J connectivity index is 1.69. The third-order valence-corrected chi connectivity index (χ3v) is 4.35. The van der Waals surface area contributed by atoms with Gasteiger partial charge in [-0.05, 0) is 54.4 Å². The normalized spacial score (nSPS) is 10.2. The third kappa shape index (κ3) is 4.14. The lowest BCUT2D eigenvalue weighted by Gasteiger charge is -2.18. The Morgan fingerprint density at radius 1 is 1.00 bits per heavy atom. The molecule has 2 aromatic carbocycles. The zero-order chi connectivity index (χ0) is 16.8. The van der Waals surface area contributed by atoms with Gasteiger partial charge in [0.1, 0.15) is 0 Å². The average molecular weight is 335 g/mol. The topological polar surface area (TPSA) is 45.2 Å². The quantitative estimate of drug-likeness (QED) is 0.698. The van der Waals surface area contributed by atoms with Gasteiger partial charge in [0.2, 0.25) is 0 Å². The molecule has 0 unspecified atom stereocenters. The zero-order valence-electron chi connectivity index (χ0n) is 13.2. The summed E-state index contributed by atoms with van der Waals surface area (Å²) in [5.41, 5.74) is 2.47. The molecule has 0 saturated heterocycles. The maximum Gasteiger partial charge on any atom is 0.255 e. The highest BCUT2D eigenvalue weighted by Crippen LogP contribution is 2.28. The van der Waals surface area contributed by atoms with Gasteiger partial charge in [0, 0.05) is 41.3 Å². The minimum atomic E-state index is -0.143. The molecule has 3 rings (SSSR count). The van der Waals surface area contributed by atoms with Gasteiger partial charge >= 0.3 is 0 Å². The average Bonchev–Trinajstić information content (AvgIpc) is 2.63. The standard InChI is InChI=1S/C19H17N3OS/c1-22(17-7-3-2-4-8-17)24-18-9-5-6-16(14-18)21-19(23)15-10-12-20-13-11-15/h2-14H,1H3,(H,21,23). The fourth-order valence-corrected chi connectivity index (χ4v) is 3.05. The van der Waals surface area contributed by atoms with Crippen LogP contribution in [0.1, 0.15) is 10.4 Å². The van der Waals surface area contributed by atoms with Crippen LogP contribution in [-0.2, 0) is 0 Å². The van der Waals surface area contributed by atoms with Gasteiger partial charge in [-0.3, -0.25) is 9.78 Å². The number of carbonyl (C=O) groups excluding carboxylic acids is 1. The summed E-state index contributed by atoms with van der Waals surface area (Å²) in [6.07, 6.45) is 3.21. The minimum absolute atomic E-state index is 0.143. The molecule has 0 saturated carbocycles. The third-order valence-electron chi connectivity index (χ3n) is 3.40. The number of anilines is 2. The van der Waals surface area contributed by atoms with E-state index in [2.05, 4.69) is 26.7 Å². The number of para-hydroxylation sites is 1. The Bertz CT molecular complexity index is 809. The van der Waals surface area contributed by atoms with Gasteiger partial charge < -0.3 is 9.62 Å². The molecule has 0 radical (unpaired) electrons. The SMILES string of the molecule is CN(Sc1cccc(NC(=O)c2ccncc2)c1)c1ccccc1. The lowest BCUT2D eigenvalue weighted by Crippen LogP contribution is -2.12. The highest BCUT2D eigenvalue weighted by Gasteiger charge is 2.07. The van der Waals surface area contributed by atoms with E-state index < -0.39 is 0 Å². The summed E-state index contributed by atoms with van der Waals surface area (Å²) in [7, 11) is 2.02. The fourth-order valence-electron chi connectivity index (χ4n) is 2.19. The van der Waals surface area contributed by atoms with Crippen LogP contribution in [0.25, 0.3) is 0 Å². The van der Waals surface area contributed by atoms with Crippen molar-refractivity contribution in [1.82, 2.24) is 4.98 Å². The minimum Gasteiger partial charge on any atom is -0.322 e. The van der Waals surface area contributed by atoms with Crippen LogP contribution in [0.2, 0.25) is 0 Å². The second kappa shape index (κ2) is 7.66. The van der Waals surface area contributed by atoms with Crippen LogP contribution in [0.15, 0.2) is 84.0 Å². The molecule has 24 heavy (non-hydrogen) atoms. The van der Waals surface area contributed by atoms with E-state index in [9.17, 15) is 4.79 Å². The number of carbonyl (C=O) groups is 1. The van der Waals surface area contributed by atoms with E-state index in [-0.39, 0.29) is 5.91 Å². The van der Waals surface area contributed by atoms with Crippen molar-refractivity contribution >= 4 is 29.2 Å². The largest absolute Gasteiger partial charge is 0.322 e. The lowest BCUT2D eigenvalue weighted by molar-refractivity contribution is 0.102. The predicted molar refractivity (Wildman–Crippen MR) is 99.3 cm³/mol. The van der Waals surface area contributed by atoms with Crippen molar-refractivity contribution in [1.29, 1.82) is 0 Å². The molecule has 1 heterocycles. The Morgan fingerprint density at radius 3 is 2.50 bits per heavy atom. The Kier molecular flexibility index (Phi) is 5.13. The summed E-state index contributed by atoms with van der Waals surface area (Å²) in [5, 5.41) is 2.91. The summed E-state index contributed by atoms with van der Waals surface area (Å²) < 4.78 is 2.09. The number of pyridine rings is 1. The summed E-state index contributed by atoms with van der Waals surface area (Å²) in [5.74, 6) is -0.143. The van der Waals surface area contributed by atoms with Crippen molar-refractivity contribution in [2.45, 2.75) is 4.90 Å². The molecule has 4 nitrogen and oxygen atoms in total. The van der Waals surface area contributed by atoms with Crippen LogP contribution >= 0.6 is 11.9 Å². The first-order chi connectivity index (χ1) is 11.7. The summed E-state index contributed by atoms with van der Waals surface area (Å²) in [4.78, 5) is 17.2. The molecule has 0 atom stereocenters. The molecule has 0 fully saturated rings. The summed E-state index contributed by atoms with van der Waals surface area (Å²) in [6, 6.07) is 21.3. The lowest BCUT2D eigenvalue weighted by atomic mass is 10.2. The highest BCUT2D eigenvalue weighted by atomic mass is 32.2. The molecule has 0 aliphatic rings. The molecule has 3 aromatic rings. The number of nitrogens with zero attached hydrogens (tertiary/aromatic N) is 2. The van der Waals surface area contributed by atoms with Gasteiger partial charge in [0.05, 0.1) is 0 Å². The van der Waals surface area contributed by atoms with Crippen molar-refractivity contribution in [3.8, 4) is 0 Å². The highest BCUT2D eigenvalue weighted by molar-refractivity contribution is 8.00. The predicted octanol–water partition coefficient (Wildman–Crippen LogP) is 4.48. The number of rotatable bonds is 5. The van der Waals surface area contributed by atoms with E-state index in [4.69, 9.17) is 0 Å². The number of amides is 1. The van der Waals surface area contributed by atoms with E-state index in [1.165, 1.54) is 0 Å². The van der Waals surface area contributed by atoms with Crippen LogP contribution < -0.4 is 9.62 Å². The molecule has 0 aliphatic carbocycles. The molecule has 1 amide bonds. The van der Waals surface area contributed by atoms with Gasteiger partial charge in [0.25, 0.3) is 5.91 Å². The monoisotopic (exact) mass is 335 g/mol. The van der Waals surface area contributed by atoms with Gasteiger partial charge in [-0.2, -0.15) is 0 Å². The molecule has 1 N–H and O–H groups in total. The van der Waals surface area contributed by atoms with Gasteiger partial charge in [-0.15, -0.1) is 0 Å². The van der Waals surface area contributed by atoms with Crippen molar-refractivity contribution in [3.63, 3.8) is 0 Å². The van der Waals surface area contributed by atoms with E-state index in [1.807, 2.05) is 49.5 Å². The first kappa shape index (κ1) is 16.1. The van der Waals surface area contributed by atoms with Crippen LogP contribution in [-0.4, -0.2) is 17.9 Å². The smallest absolute Gasteiger partial charge is 0.255 e. The molecule has 0 spiro atoms. The molecule has 0 bridgehead atoms. The van der Waals surface area contributed by atoms with Crippen molar-refractivity contribution in [3.05, 3.63) is 84.7 Å². The molecular formula is C19H17N3OS. The second-order valence-corrected chi connectivity index (χ2v) is 6.34. The Hall–Kier alpha value is -2.79. The first-order valence-electron chi connectivity index (χ1n) is 7.50. The number of hydrogen-bond donors (Lipinski definition) is 1. The number of aromatic nitrogens is 1. The van der Waals surface area contributed by atoms with Crippen molar-refractivity contribution in [2.75, 3.05) is 16.7 Å². The number of benzene rings is 2.